The Hall–Kier alpha value is -2.24. The summed E-state index contributed by atoms with van der Waals surface area (Å²) in [5, 5.41) is 10.4. The first kappa shape index (κ1) is 18.8. The van der Waals surface area contributed by atoms with Crippen molar-refractivity contribution in [3.8, 4) is 0 Å². The number of nitrogens with zero attached hydrogens (tertiary/aromatic N) is 2. The highest BCUT2D eigenvalue weighted by Crippen LogP contribution is 2.47. The SMILES string of the molecule is O=C1Cc2cccc3c2N(C1)[C@H]1CCN(CCC[C@H](O)c2ccc(F)cc2)C[C@@H]31. The van der Waals surface area contributed by atoms with Crippen LogP contribution in [0.5, 0.6) is 0 Å². The summed E-state index contributed by atoms with van der Waals surface area (Å²) in [5.41, 5.74) is 4.72. The molecule has 152 valence electrons. The fourth-order valence-corrected chi connectivity index (χ4v) is 5.47. The molecule has 5 rings (SSSR count). The number of piperidine rings is 1. The zero-order valence-corrected chi connectivity index (χ0v) is 16.6. The molecular formula is C24H27FN2O2. The Morgan fingerprint density at radius 1 is 1.17 bits per heavy atom. The van der Waals surface area contributed by atoms with E-state index in [0.29, 0.717) is 37.1 Å². The predicted molar refractivity (Wildman–Crippen MR) is 111 cm³/mol. The van der Waals surface area contributed by atoms with Crippen molar-refractivity contribution >= 4 is 11.5 Å². The molecule has 0 aromatic heterocycles. The van der Waals surface area contributed by atoms with Crippen molar-refractivity contribution in [3.63, 3.8) is 0 Å². The van der Waals surface area contributed by atoms with Crippen molar-refractivity contribution in [2.24, 2.45) is 0 Å². The van der Waals surface area contributed by atoms with Gasteiger partial charge in [0.1, 0.15) is 5.82 Å². The van der Waals surface area contributed by atoms with Gasteiger partial charge in [0, 0.05) is 37.2 Å². The number of anilines is 1. The van der Waals surface area contributed by atoms with Crippen molar-refractivity contribution in [2.45, 2.75) is 43.7 Å². The molecule has 0 bridgehead atoms. The topological polar surface area (TPSA) is 43.8 Å². The maximum absolute atomic E-state index is 13.1. The van der Waals surface area contributed by atoms with Crippen LogP contribution in [0.25, 0.3) is 0 Å². The Labute approximate surface area is 170 Å². The average Bonchev–Trinajstić information content (AvgIpc) is 3.03. The van der Waals surface area contributed by atoms with Gasteiger partial charge < -0.3 is 14.9 Å². The molecule has 0 saturated carbocycles. The molecule has 29 heavy (non-hydrogen) atoms. The highest BCUT2D eigenvalue weighted by molar-refractivity contribution is 5.92. The molecule has 1 N–H and O–H groups in total. The van der Waals surface area contributed by atoms with Gasteiger partial charge in [-0.1, -0.05) is 30.3 Å². The maximum atomic E-state index is 13.1. The van der Waals surface area contributed by atoms with Crippen molar-refractivity contribution in [3.05, 3.63) is 65.0 Å². The molecule has 3 heterocycles. The molecule has 3 aliphatic heterocycles. The van der Waals surface area contributed by atoms with Crippen LogP contribution in [0.3, 0.4) is 0 Å². The molecule has 2 aromatic carbocycles. The smallest absolute Gasteiger partial charge is 0.156 e. The van der Waals surface area contributed by atoms with E-state index >= 15 is 0 Å². The highest BCUT2D eigenvalue weighted by atomic mass is 19.1. The predicted octanol–water partition coefficient (Wildman–Crippen LogP) is 3.44. The zero-order chi connectivity index (χ0) is 20.0. The Kier molecular flexibility index (Phi) is 4.88. The van der Waals surface area contributed by atoms with Gasteiger partial charge in [-0.2, -0.15) is 0 Å². The Morgan fingerprint density at radius 2 is 2.00 bits per heavy atom. The molecule has 1 saturated heterocycles. The summed E-state index contributed by atoms with van der Waals surface area (Å²) in [6, 6.07) is 13.0. The molecule has 0 amide bonds. The first-order chi connectivity index (χ1) is 14.1. The molecule has 3 aliphatic rings. The largest absolute Gasteiger partial charge is 0.388 e. The van der Waals surface area contributed by atoms with Gasteiger partial charge in [-0.25, -0.2) is 4.39 Å². The van der Waals surface area contributed by atoms with Crippen LogP contribution in [0.1, 0.15) is 48.0 Å². The summed E-state index contributed by atoms with van der Waals surface area (Å²) in [6.07, 6.45) is 2.69. The second-order valence-electron chi connectivity index (χ2n) is 8.67. The number of carbonyl (C=O) groups excluding carboxylic acids is 1. The van der Waals surface area contributed by atoms with E-state index in [9.17, 15) is 14.3 Å². The number of Topliss-reactive ketones (excluding diaryl/α,β-unsaturated/α-hetero) is 1. The highest BCUT2D eigenvalue weighted by Gasteiger charge is 2.44. The minimum absolute atomic E-state index is 0.275. The standard InChI is InChI=1S/C24H27FN2O2/c25-18-8-6-16(7-9-18)23(29)5-2-11-26-12-10-22-21(15-26)20-4-1-3-17-13-19(28)14-27(22)24(17)20/h1,3-4,6-9,21-23,29H,2,5,10-15H2/t21-,22-,23-/m0/s1. The Balaban J connectivity index is 1.21. The molecule has 0 spiro atoms. The first-order valence-electron chi connectivity index (χ1n) is 10.7. The number of rotatable bonds is 5. The molecular weight excluding hydrogens is 367 g/mol. The van der Waals surface area contributed by atoms with Crippen LogP contribution in [-0.4, -0.2) is 48.0 Å². The van der Waals surface area contributed by atoms with Gasteiger partial charge in [-0.3, -0.25) is 4.79 Å². The van der Waals surface area contributed by atoms with Gasteiger partial charge in [0.15, 0.2) is 5.78 Å². The molecule has 1 fully saturated rings. The van der Waals surface area contributed by atoms with E-state index in [2.05, 4.69) is 28.0 Å². The minimum Gasteiger partial charge on any atom is -0.388 e. The summed E-state index contributed by atoms with van der Waals surface area (Å²) in [6.45, 7) is 3.56. The molecule has 2 aromatic rings. The van der Waals surface area contributed by atoms with Gasteiger partial charge in [0.2, 0.25) is 0 Å². The number of hydrogen-bond donors (Lipinski definition) is 1. The van der Waals surface area contributed by atoms with E-state index in [1.54, 1.807) is 12.1 Å². The van der Waals surface area contributed by atoms with E-state index < -0.39 is 6.10 Å². The van der Waals surface area contributed by atoms with Crippen molar-refractivity contribution < 1.29 is 14.3 Å². The van der Waals surface area contributed by atoms with Crippen LogP contribution in [0.4, 0.5) is 10.1 Å². The fraction of sp³-hybridized carbons (Fsp3) is 0.458. The third kappa shape index (κ3) is 3.47. The van der Waals surface area contributed by atoms with Gasteiger partial charge in [0.05, 0.1) is 12.6 Å². The Bertz CT molecular complexity index is 914. The fourth-order valence-electron chi connectivity index (χ4n) is 5.47. The monoisotopic (exact) mass is 394 g/mol. The molecule has 0 unspecified atom stereocenters. The van der Waals surface area contributed by atoms with E-state index in [1.165, 1.54) is 28.9 Å². The van der Waals surface area contributed by atoms with Gasteiger partial charge in [-0.05, 0) is 54.6 Å². The zero-order valence-electron chi connectivity index (χ0n) is 16.6. The number of fused-ring (bicyclic) bond motifs is 3. The summed E-state index contributed by atoms with van der Waals surface area (Å²) in [5.74, 6) is 0.516. The second-order valence-corrected chi connectivity index (χ2v) is 8.67. The van der Waals surface area contributed by atoms with Crippen LogP contribution in [0.15, 0.2) is 42.5 Å². The van der Waals surface area contributed by atoms with Gasteiger partial charge >= 0.3 is 0 Å². The third-order valence-electron chi connectivity index (χ3n) is 6.84. The number of ketones is 1. The number of carbonyl (C=O) groups is 1. The second kappa shape index (κ2) is 7.54. The Morgan fingerprint density at radius 3 is 2.83 bits per heavy atom. The maximum Gasteiger partial charge on any atom is 0.156 e. The minimum atomic E-state index is -0.543. The summed E-state index contributed by atoms with van der Waals surface area (Å²) >= 11 is 0. The van der Waals surface area contributed by atoms with Crippen LogP contribution in [0.2, 0.25) is 0 Å². The van der Waals surface area contributed by atoms with Crippen molar-refractivity contribution in [2.75, 3.05) is 31.1 Å². The summed E-state index contributed by atoms with van der Waals surface area (Å²) in [7, 11) is 0. The lowest BCUT2D eigenvalue weighted by molar-refractivity contribution is -0.117. The van der Waals surface area contributed by atoms with Crippen LogP contribution in [0, 0.1) is 5.82 Å². The van der Waals surface area contributed by atoms with Crippen LogP contribution in [-0.2, 0) is 11.2 Å². The molecule has 5 heteroatoms. The third-order valence-corrected chi connectivity index (χ3v) is 6.84. The number of likely N-dealkylation sites (tertiary alicyclic amines) is 1. The van der Waals surface area contributed by atoms with E-state index in [4.69, 9.17) is 0 Å². The number of hydrogen-bond acceptors (Lipinski definition) is 4. The van der Waals surface area contributed by atoms with Crippen molar-refractivity contribution in [1.29, 1.82) is 0 Å². The van der Waals surface area contributed by atoms with E-state index in [0.717, 1.165) is 38.0 Å². The van der Waals surface area contributed by atoms with Gasteiger partial charge in [0.25, 0.3) is 0 Å². The lowest BCUT2D eigenvalue weighted by atomic mass is 9.88. The van der Waals surface area contributed by atoms with E-state index in [1.807, 2.05) is 0 Å². The molecule has 0 radical (unpaired) electrons. The molecule has 0 aliphatic carbocycles. The van der Waals surface area contributed by atoms with Gasteiger partial charge in [-0.15, -0.1) is 0 Å². The number of aliphatic hydroxyl groups is 1. The number of benzene rings is 2. The lowest BCUT2D eigenvalue weighted by Crippen LogP contribution is -2.48. The average molecular weight is 394 g/mol. The summed E-state index contributed by atoms with van der Waals surface area (Å²) < 4.78 is 13.1. The number of halogens is 1. The quantitative estimate of drug-likeness (QED) is 0.844. The molecule has 4 nitrogen and oxygen atoms in total. The van der Waals surface area contributed by atoms with Crippen LogP contribution < -0.4 is 4.90 Å². The first-order valence-corrected chi connectivity index (χ1v) is 10.7. The normalized spacial score (nSPS) is 24.3. The van der Waals surface area contributed by atoms with Crippen LogP contribution >= 0.6 is 0 Å². The summed E-state index contributed by atoms with van der Waals surface area (Å²) in [4.78, 5) is 17.1. The number of aliphatic hydroxyl groups excluding tert-OH is 1. The number of para-hydroxylation sites is 1. The van der Waals surface area contributed by atoms with Crippen molar-refractivity contribution in [1.82, 2.24) is 4.90 Å². The van der Waals surface area contributed by atoms with E-state index in [-0.39, 0.29) is 5.82 Å². The molecule has 3 atom stereocenters. The lowest BCUT2D eigenvalue weighted by Gasteiger charge is -2.39.